The van der Waals surface area contributed by atoms with E-state index in [0.717, 1.165) is 24.0 Å². The average Bonchev–Trinajstić information content (AvgIpc) is 2.38. The number of hydrogen-bond acceptors (Lipinski definition) is 3. The summed E-state index contributed by atoms with van der Waals surface area (Å²) >= 11 is 0. The smallest absolute Gasteiger partial charge is 0.318 e. The van der Waals surface area contributed by atoms with Crippen molar-refractivity contribution in [1.82, 2.24) is 0 Å². The van der Waals surface area contributed by atoms with Gasteiger partial charge in [-0.3, -0.25) is 9.59 Å². The number of ether oxygens (including phenoxy) is 1. The molecule has 1 unspecified atom stereocenters. The Morgan fingerprint density at radius 2 is 1.81 bits per heavy atom. The van der Waals surface area contributed by atoms with Crippen molar-refractivity contribution in [2.45, 2.75) is 51.6 Å². The van der Waals surface area contributed by atoms with Gasteiger partial charge in [0.1, 0.15) is 11.5 Å². The van der Waals surface area contributed by atoms with Gasteiger partial charge in [0.25, 0.3) is 0 Å². The van der Waals surface area contributed by atoms with Crippen LogP contribution in [0.4, 0.5) is 0 Å². The molecule has 0 amide bonds. The molecule has 0 fully saturated rings. The van der Waals surface area contributed by atoms with Gasteiger partial charge in [0.15, 0.2) is 5.78 Å². The van der Waals surface area contributed by atoms with Crippen LogP contribution in [0.25, 0.3) is 0 Å². The summed E-state index contributed by atoms with van der Waals surface area (Å²) in [6, 6.07) is 9.54. The molecule has 0 spiro atoms. The van der Waals surface area contributed by atoms with Gasteiger partial charge in [-0.2, -0.15) is 0 Å². The van der Waals surface area contributed by atoms with Crippen LogP contribution in [0, 0.1) is 0 Å². The van der Waals surface area contributed by atoms with Gasteiger partial charge >= 0.3 is 5.97 Å². The molecule has 1 atom stereocenters. The molecule has 1 aromatic rings. The maximum atomic E-state index is 12.6. The quantitative estimate of drug-likeness (QED) is 0.794. The normalized spacial score (nSPS) is 17.1. The first-order valence-electron chi connectivity index (χ1n) is 7.38. The molecule has 0 heterocycles. The topological polar surface area (TPSA) is 43.4 Å². The van der Waals surface area contributed by atoms with Gasteiger partial charge in [0.2, 0.25) is 0 Å². The first-order chi connectivity index (χ1) is 9.87. The molecule has 2 rings (SSSR count). The van der Waals surface area contributed by atoms with E-state index in [1.807, 2.05) is 51.1 Å². The Balaban J connectivity index is 2.35. The fourth-order valence-corrected chi connectivity index (χ4v) is 2.55. The number of hydrogen-bond donors (Lipinski definition) is 0. The largest absolute Gasteiger partial charge is 0.459 e. The molecule has 0 saturated carbocycles. The van der Waals surface area contributed by atoms with Gasteiger partial charge < -0.3 is 4.74 Å². The first-order valence-corrected chi connectivity index (χ1v) is 7.38. The highest BCUT2D eigenvalue weighted by Gasteiger charge is 2.31. The van der Waals surface area contributed by atoms with E-state index in [1.165, 1.54) is 0 Å². The molecular formula is C18H22O3. The van der Waals surface area contributed by atoms with Crippen LogP contribution in [-0.4, -0.2) is 17.4 Å². The van der Waals surface area contributed by atoms with E-state index in [1.54, 1.807) is 6.08 Å². The summed E-state index contributed by atoms with van der Waals surface area (Å²) < 4.78 is 5.55. The molecule has 0 bridgehead atoms. The lowest BCUT2D eigenvalue weighted by atomic mass is 9.84. The summed E-state index contributed by atoms with van der Waals surface area (Å²) in [4.78, 5) is 24.3. The van der Waals surface area contributed by atoms with Crippen LogP contribution in [0.2, 0.25) is 0 Å². The van der Waals surface area contributed by atoms with Crippen molar-refractivity contribution in [2.24, 2.45) is 0 Å². The molecule has 1 aromatic carbocycles. The van der Waals surface area contributed by atoms with Crippen LogP contribution in [0.3, 0.4) is 0 Å². The average molecular weight is 286 g/mol. The van der Waals surface area contributed by atoms with Crippen molar-refractivity contribution in [3.63, 3.8) is 0 Å². The highest BCUT2D eigenvalue weighted by atomic mass is 16.6. The maximum Gasteiger partial charge on any atom is 0.318 e. The Labute approximate surface area is 126 Å². The molecule has 0 saturated heterocycles. The minimum atomic E-state index is -0.538. The Morgan fingerprint density at radius 1 is 1.14 bits per heavy atom. The number of allylic oxidation sites excluding steroid dienone is 1. The van der Waals surface area contributed by atoms with E-state index in [4.69, 9.17) is 4.74 Å². The zero-order chi connectivity index (χ0) is 15.5. The summed E-state index contributed by atoms with van der Waals surface area (Å²) in [7, 11) is 0. The van der Waals surface area contributed by atoms with Crippen LogP contribution in [0.5, 0.6) is 0 Å². The second-order valence-corrected chi connectivity index (χ2v) is 6.42. The minimum Gasteiger partial charge on any atom is -0.459 e. The van der Waals surface area contributed by atoms with Gasteiger partial charge in [-0.25, -0.2) is 0 Å². The third kappa shape index (κ3) is 4.28. The summed E-state index contributed by atoms with van der Waals surface area (Å²) in [6.07, 6.45) is 3.77. The van der Waals surface area contributed by atoms with E-state index in [-0.39, 0.29) is 11.8 Å². The second-order valence-electron chi connectivity index (χ2n) is 6.42. The van der Waals surface area contributed by atoms with E-state index in [9.17, 15) is 9.59 Å². The summed E-state index contributed by atoms with van der Waals surface area (Å²) in [5, 5.41) is 0. The van der Waals surface area contributed by atoms with Crippen molar-refractivity contribution in [3.8, 4) is 0 Å². The zero-order valence-corrected chi connectivity index (χ0v) is 12.9. The molecule has 3 heteroatoms. The summed E-state index contributed by atoms with van der Waals surface area (Å²) in [5.41, 5.74) is 1.21. The van der Waals surface area contributed by atoms with Gasteiger partial charge in [0, 0.05) is 6.42 Å². The van der Waals surface area contributed by atoms with Crippen molar-refractivity contribution >= 4 is 11.8 Å². The molecule has 0 N–H and O–H groups in total. The lowest BCUT2D eigenvalue weighted by molar-refractivity contribution is -0.155. The number of rotatable bonds is 3. The molecule has 3 nitrogen and oxygen atoms in total. The standard InChI is InChI=1S/C18H22O3/c1-18(2,3)21-17(20)16(13-8-5-4-6-9-13)14-10-7-11-15(19)12-14/h4-6,8-9,12,16H,7,10-11H2,1-3H3. The monoisotopic (exact) mass is 286 g/mol. The van der Waals surface area contributed by atoms with Gasteiger partial charge in [-0.15, -0.1) is 0 Å². The first kappa shape index (κ1) is 15.5. The molecule has 0 aromatic heterocycles. The van der Waals surface area contributed by atoms with Crippen LogP contribution in [-0.2, 0) is 14.3 Å². The van der Waals surface area contributed by atoms with Gasteiger partial charge in [-0.05, 0) is 50.8 Å². The van der Waals surface area contributed by atoms with Gasteiger partial charge in [0.05, 0.1) is 0 Å². The van der Waals surface area contributed by atoms with Crippen molar-refractivity contribution in [1.29, 1.82) is 0 Å². The lowest BCUT2D eigenvalue weighted by Gasteiger charge is -2.26. The Hall–Kier alpha value is -1.90. The third-order valence-electron chi connectivity index (χ3n) is 3.38. The van der Waals surface area contributed by atoms with E-state index in [0.29, 0.717) is 6.42 Å². The number of benzene rings is 1. The van der Waals surface area contributed by atoms with Crippen LogP contribution in [0.1, 0.15) is 51.5 Å². The third-order valence-corrected chi connectivity index (χ3v) is 3.38. The molecule has 1 aliphatic rings. The van der Waals surface area contributed by atoms with Gasteiger partial charge in [-0.1, -0.05) is 30.3 Å². The van der Waals surface area contributed by atoms with Crippen LogP contribution >= 0.6 is 0 Å². The van der Waals surface area contributed by atoms with E-state index < -0.39 is 11.5 Å². The van der Waals surface area contributed by atoms with Crippen molar-refractivity contribution in [3.05, 3.63) is 47.5 Å². The number of esters is 1. The molecule has 0 aliphatic heterocycles. The summed E-state index contributed by atoms with van der Waals surface area (Å²) in [5.74, 6) is -0.662. The minimum absolute atomic E-state index is 0.0979. The molecule has 112 valence electrons. The lowest BCUT2D eigenvalue weighted by Crippen LogP contribution is -2.29. The highest BCUT2D eigenvalue weighted by molar-refractivity contribution is 5.93. The SMILES string of the molecule is CC(C)(C)OC(=O)C(C1=CC(=O)CCC1)c1ccccc1. The Kier molecular flexibility index (Phi) is 4.61. The van der Waals surface area contributed by atoms with E-state index >= 15 is 0 Å². The van der Waals surface area contributed by atoms with Crippen molar-refractivity contribution < 1.29 is 14.3 Å². The Morgan fingerprint density at radius 3 is 2.38 bits per heavy atom. The predicted molar refractivity (Wildman–Crippen MR) is 82.0 cm³/mol. The molecular weight excluding hydrogens is 264 g/mol. The van der Waals surface area contributed by atoms with Crippen LogP contribution < -0.4 is 0 Å². The molecule has 0 radical (unpaired) electrons. The van der Waals surface area contributed by atoms with Crippen LogP contribution in [0.15, 0.2) is 42.0 Å². The predicted octanol–water partition coefficient (Wildman–Crippen LogP) is 3.79. The van der Waals surface area contributed by atoms with Crippen molar-refractivity contribution in [2.75, 3.05) is 0 Å². The molecule has 1 aliphatic carbocycles. The molecule has 21 heavy (non-hydrogen) atoms. The van der Waals surface area contributed by atoms with E-state index in [2.05, 4.69) is 0 Å². The maximum absolute atomic E-state index is 12.6. The number of carbonyl (C=O) groups excluding carboxylic acids is 2. The number of carbonyl (C=O) groups is 2. The fourth-order valence-electron chi connectivity index (χ4n) is 2.55. The summed E-state index contributed by atoms with van der Waals surface area (Å²) in [6.45, 7) is 5.56. The fraction of sp³-hybridized carbons (Fsp3) is 0.444. The Bertz CT molecular complexity index is 550. The zero-order valence-electron chi connectivity index (χ0n) is 12.9. The second kappa shape index (κ2) is 6.25. The number of ketones is 1. The highest BCUT2D eigenvalue weighted by Crippen LogP contribution is 2.33.